The highest BCUT2D eigenvalue weighted by Crippen LogP contribution is 2.17. The van der Waals surface area contributed by atoms with Crippen LogP contribution in [0.3, 0.4) is 0 Å². The average Bonchev–Trinajstić information content (AvgIpc) is 2.85. The van der Waals surface area contributed by atoms with E-state index in [-0.39, 0.29) is 21.4 Å². The van der Waals surface area contributed by atoms with Crippen LogP contribution in [-0.4, -0.2) is 28.1 Å². The lowest BCUT2D eigenvalue weighted by atomic mass is 10.2. The van der Waals surface area contributed by atoms with Crippen molar-refractivity contribution in [2.75, 3.05) is 5.32 Å². The van der Waals surface area contributed by atoms with E-state index in [1.165, 1.54) is 0 Å². The van der Waals surface area contributed by atoms with Crippen molar-refractivity contribution in [3.63, 3.8) is 0 Å². The molecule has 0 radical (unpaired) electrons. The highest BCUT2D eigenvalue weighted by Gasteiger charge is 2.13. The molecule has 2 N–H and O–H groups in total. The maximum absolute atomic E-state index is 11.9. The molecule has 0 aliphatic rings. The zero-order chi connectivity index (χ0) is 15.4. The lowest BCUT2D eigenvalue weighted by Crippen LogP contribution is -2.30. The summed E-state index contributed by atoms with van der Waals surface area (Å²) in [6.45, 7) is 3.76. The van der Waals surface area contributed by atoms with E-state index in [1.807, 2.05) is 13.8 Å². The number of carbonyl (C=O) groups excluding carboxylic acids is 2. The molecule has 1 heterocycles. The zero-order valence-electron chi connectivity index (χ0n) is 11.4. The number of aromatic nitrogens is 2. The van der Waals surface area contributed by atoms with Gasteiger partial charge in [0.2, 0.25) is 9.47 Å². The normalized spacial score (nSPS) is 10.5. The first-order valence-electron chi connectivity index (χ1n) is 6.17. The van der Waals surface area contributed by atoms with Crippen LogP contribution in [0.2, 0.25) is 4.47 Å². The molecule has 2 rings (SSSR count). The minimum atomic E-state index is -0.416. The van der Waals surface area contributed by atoms with Gasteiger partial charge in [-0.15, -0.1) is 10.2 Å². The number of hydrogen-bond donors (Lipinski definition) is 2. The third-order valence-electron chi connectivity index (χ3n) is 2.40. The number of nitrogens with one attached hydrogen (secondary N) is 2. The van der Waals surface area contributed by atoms with E-state index in [0.717, 1.165) is 11.3 Å². The minimum absolute atomic E-state index is 0.0410. The number of rotatable bonds is 4. The molecule has 0 unspecified atom stereocenters. The molecular formula is C13H13ClN4O2S. The van der Waals surface area contributed by atoms with Crippen molar-refractivity contribution < 1.29 is 9.59 Å². The second-order valence-corrected chi connectivity index (χ2v) is 6.08. The highest BCUT2D eigenvalue weighted by atomic mass is 35.5. The smallest absolute Gasteiger partial charge is 0.286 e. The van der Waals surface area contributed by atoms with E-state index >= 15 is 0 Å². The number of anilines is 1. The third kappa shape index (κ3) is 4.24. The predicted molar refractivity (Wildman–Crippen MR) is 81.9 cm³/mol. The van der Waals surface area contributed by atoms with Crippen LogP contribution in [0.4, 0.5) is 5.69 Å². The van der Waals surface area contributed by atoms with Crippen molar-refractivity contribution in [2.45, 2.75) is 19.9 Å². The Bertz CT molecular complexity index is 672. The van der Waals surface area contributed by atoms with Gasteiger partial charge in [0.05, 0.1) is 0 Å². The third-order valence-corrected chi connectivity index (χ3v) is 3.41. The average molecular weight is 325 g/mol. The van der Waals surface area contributed by atoms with Crippen molar-refractivity contribution >= 4 is 40.4 Å². The Morgan fingerprint density at radius 3 is 2.62 bits per heavy atom. The molecule has 8 heteroatoms. The predicted octanol–water partition coefficient (Wildman–Crippen LogP) is 2.58. The molecule has 6 nitrogen and oxygen atoms in total. The molecule has 0 atom stereocenters. The summed E-state index contributed by atoms with van der Waals surface area (Å²) in [7, 11) is 0. The molecule has 0 saturated carbocycles. The first-order valence-corrected chi connectivity index (χ1v) is 7.36. The second-order valence-electron chi connectivity index (χ2n) is 4.52. The van der Waals surface area contributed by atoms with Crippen LogP contribution < -0.4 is 10.6 Å². The summed E-state index contributed by atoms with van der Waals surface area (Å²) in [5.74, 6) is -0.610. The summed E-state index contributed by atoms with van der Waals surface area (Å²) in [4.78, 5) is 23.8. The Balaban J connectivity index is 2.11. The van der Waals surface area contributed by atoms with Crippen LogP contribution in [0.25, 0.3) is 0 Å². The van der Waals surface area contributed by atoms with Gasteiger partial charge in [0.25, 0.3) is 11.8 Å². The summed E-state index contributed by atoms with van der Waals surface area (Å²) in [6.07, 6.45) is 0. The summed E-state index contributed by atoms with van der Waals surface area (Å²) >= 11 is 6.62. The maximum Gasteiger partial charge on any atom is 0.286 e. The molecule has 0 fully saturated rings. The van der Waals surface area contributed by atoms with Crippen molar-refractivity contribution in [1.82, 2.24) is 15.5 Å². The summed E-state index contributed by atoms with van der Waals surface area (Å²) in [5.41, 5.74) is 0.972. The van der Waals surface area contributed by atoms with E-state index in [1.54, 1.807) is 24.3 Å². The number of benzene rings is 1. The van der Waals surface area contributed by atoms with Crippen LogP contribution in [0, 0.1) is 0 Å². The maximum atomic E-state index is 11.9. The van der Waals surface area contributed by atoms with Gasteiger partial charge in [0.15, 0.2) is 0 Å². The fraction of sp³-hybridized carbons (Fsp3) is 0.231. The summed E-state index contributed by atoms with van der Waals surface area (Å²) in [6, 6.07) is 6.69. The molecule has 0 saturated heterocycles. The summed E-state index contributed by atoms with van der Waals surface area (Å²) < 4.78 is 0.199. The van der Waals surface area contributed by atoms with E-state index in [4.69, 9.17) is 11.6 Å². The molecule has 2 amide bonds. The SMILES string of the molecule is CC(C)NC(=O)c1cccc(NC(=O)c2nnc(Cl)s2)c1. The Morgan fingerprint density at radius 1 is 1.24 bits per heavy atom. The molecule has 0 spiro atoms. The molecule has 0 aliphatic carbocycles. The van der Waals surface area contributed by atoms with Gasteiger partial charge in [-0.25, -0.2) is 0 Å². The topological polar surface area (TPSA) is 84.0 Å². The largest absolute Gasteiger partial charge is 0.350 e. The standard InChI is InChI=1S/C13H13ClN4O2S/c1-7(2)15-10(19)8-4-3-5-9(6-8)16-11(20)12-17-18-13(14)21-12/h3-7H,1-2H3,(H,15,19)(H,16,20). The van der Waals surface area contributed by atoms with Gasteiger partial charge in [0, 0.05) is 17.3 Å². The monoisotopic (exact) mass is 324 g/mol. The van der Waals surface area contributed by atoms with Crippen molar-refractivity contribution in [3.05, 3.63) is 39.3 Å². The van der Waals surface area contributed by atoms with Crippen LogP contribution in [0.1, 0.15) is 34.0 Å². The zero-order valence-corrected chi connectivity index (χ0v) is 13.0. The lowest BCUT2D eigenvalue weighted by Gasteiger charge is -2.09. The fourth-order valence-corrected chi connectivity index (χ4v) is 2.29. The van der Waals surface area contributed by atoms with Gasteiger partial charge < -0.3 is 10.6 Å². The number of nitrogens with zero attached hydrogens (tertiary/aromatic N) is 2. The van der Waals surface area contributed by atoms with Gasteiger partial charge in [0.1, 0.15) is 0 Å². The van der Waals surface area contributed by atoms with Crippen LogP contribution in [0.5, 0.6) is 0 Å². The Kier molecular flexibility index (Phi) is 4.87. The first kappa shape index (κ1) is 15.4. The van der Waals surface area contributed by atoms with E-state index in [0.29, 0.717) is 11.3 Å². The van der Waals surface area contributed by atoms with Crippen LogP contribution in [-0.2, 0) is 0 Å². The van der Waals surface area contributed by atoms with Gasteiger partial charge >= 0.3 is 0 Å². The molecular weight excluding hydrogens is 312 g/mol. The van der Waals surface area contributed by atoms with Gasteiger partial charge in [-0.05, 0) is 43.6 Å². The van der Waals surface area contributed by atoms with Gasteiger partial charge in [-0.3, -0.25) is 9.59 Å². The van der Waals surface area contributed by atoms with Crippen molar-refractivity contribution in [1.29, 1.82) is 0 Å². The Morgan fingerprint density at radius 2 is 2.00 bits per heavy atom. The van der Waals surface area contributed by atoms with E-state index in [9.17, 15) is 9.59 Å². The second kappa shape index (κ2) is 6.64. The van der Waals surface area contributed by atoms with E-state index in [2.05, 4.69) is 20.8 Å². The number of carbonyl (C=O) groups is 2. The number of halogens is 1. The number of amides is 2. The fourth-order valence-electron chi connectivity index (χ4n) is 1.57. The molecule has 21 heavy (non-hydrogen) atoms. The summed E-state index contributed by atoms with van der Waals surface area (Å²) in [5, 5.41) is 12.8. The Hall–Kier alpha value is -1.99. The molecule has 0 bridgehead atoms. The van der Waals surface area contributed by atoms with Gasteiger partial charge in [-0.1, -0.05) is 17.4 Å². The lowest BCUT2D eigenvalue weighted by molar-refractivity contribution is 0.0941. The van der Waals surface area contributed by atoms with Crippen molar-refractivity contribution in [2.24, 2.45) is 0 Å². The highest BCUT2D eigenvalue weighted by molar-refractivity contribution is 7.17. The van der Waals surface area contributed by atoms with Crippen LogP contribution in [0.15, 0.2) is 24.3 Å². The van der Waals surface area contributed by atoms with Gasteiger partial charge in [-0.2, -0.15) is 0 Å². The quantitative estimate of drug-likeness (QED) is 0.905. The first-order chi connectivity index (χ1) is 9.95. The molecule has 0 aliphatic heterocycles. The minimum Gasteiger partial charge on any atom is -0.350 e. The Labute approximate surface area is 130 Å². The van der Waals surface area contributed by atoms with Crippen LogP contribution >= 0.6 is 22.9 Å². The molecule has 1 aromatic carbocycles. The molecule has 1 aromatic heterocycles. The van der Waals surface area contributed by atoms with E-state index < -0.39 is 5.91 Å². The van der Waals surface area contributed by atoms with Crippen molar-refractivity contribution in [3.8, 4) is 0 Å². The molecule has 2 aromatic rings. The number of hydrogen-bond acceptors (Lipinski definition) is 5. The molecule has 110 valence electrons.